The van der Waals surface area contributed by atoms with Crippen LogP contribution in [0.2, 0.25) is 0 Å². The molecule has 5 rings (SSSR count). The summed E-state index contributed by atoms with van der Waals surface area (Å²) in [6.07, 6.45) is 6.75. The monoisotopic (exact) mass is 495 g/mol. The number of aromatic nitrogens is 2. The molecule has 0 aliphatic carbocycles. The van der Waals surface area contributed by atoms with Gasteiger partial charge < -0.3 is 19.4 Å². The first-order valence-electron chi connectivity index (χ1n) is 11.0. The lowest BCUT2D eigenvalue weighted by Gasteiger charge is -2.27. The third-order valence-corrected chi connectivity index (χ3v) is 6.69. The summed E-state index contributed by atoms with van der Waals surface area (Å²) in [5, 5.41) is 3.91. The number of amides is 1. The molecule has 0 fully saturated rings. The Bertz CT molecular complexity index is 1210. The van der Waals surface area contributed by atoms with Crippen molar-refractivity contribution >= 4 is 35.3 Å². The molecular formula is C26H26ClN3O3S. The number of carbonyl (C=O) groups excluding carboxylic acids is 1. The molecule has 0 unspecified atom stereocenters. The molecule has 6 nitrogen and oxygen atoms in total. The van der Waals surface area contributed by atoms with Gasteiger partial charge in [-0.1, -0.05) is 36.4 Å². The zero-order chi connectivity index (χ0) is 22.6. The van der Waals surface area contributed by atoms with Gasteiger partial charge in [0.25, 0.3) is 0 Å². The minimum absolute atomic E-state index is 0. The maximum Gasteiger partial charge on any atom is 0.225 e. The van der Waals surface area contributed by atoms with Crippen LogP contribution in [0.25, 0.3) is 0 Å². The van der Waals surface area contributed by atoms with Crippen LogP contribution in [0, 0.1) is 6.92 Å². The second-order valence-electron chi connectivity index (χ2n) is 8.02. The summed E-state index contributed by atoms with van der Waals surface area (Å²) in [6.45, 7) is 3.47. The van der Waals surface area contributed by atoms with E-state index in [4.69, 9.17) is 9.47 Å². The Morgan fingerprint density at radius 3 is 2.53 bits per heavy atom. The zero-order valence-corrected chi connectivity index (χ0v) is 20.4. The second kappa shape index (κ2) is 10.8. The Morgan fingerprint density at radius 2 is 1.85 bits per heavy atom. The molecule has 176 valence electrons. The number of nitrogens with one attached hydrogen (secondary N) is 1. The quantitative estimate of drug-likeness (QED) is 0.287. The summed E-state index contributed by atoms with van der Waals surface area (Å²) in [5.41, 5.74) is 2.88. The Kier molecular flexibility index (Phi) is 7.55. The summed E-state index contributed by atoms with van der Waals surface area (Å²) in [7, 11) is 0. The highest BCUT2D eigenvalue weighted by Crippen LogP contribution is 2.45. The third-order valence-electron chi connectivity index (χ3n) is 5.73. The van der Waals surface area contributed by atoms with Crippen molar-refractivity contribution < 1.29 is 14.3 Å². The maximum atomic E-state index is 13.1. The predicted molar refractivity (Wildman–Crippen MR) is 137 cm³/mol. The molecule has 1 amide bonds. The summed E-state index contributed by atoms with van der Waals surface area (Å²) >= 11 is 1.55. The van der Waals surface area contributed by atoms with E-state index in [2.05, 4.69) is 10.3 Å². The molecule has 1 N–H and O–H groups in total. The van der Waals surface area contributed by atoms with E-state index in [1.165, 1.54) is 0 Å². The van der Waals surface area contributed by atoms with Crippen molar-refractivity contribution in [2.75, 3.05) is 11.9 Å². The first-order valence-corrected chi connectivity index (χ1v) is 11.8. The number of benzene rings is 2. The summed E-state index contributed by atoms with van der Waals surface area (Å²) < 4.78 is 14.0. The summed E-state index contributed by atoms with van der Waals surface area (Å²) in [6, 6.07) is 17.8. The Hall–Kier alpha value is -3.29. The molecule has 4 aromatic rings. The number of thiophene rings is 1. The molecule has 0 spiro atoms. The number of hydrogen-bond acceptors (Lipinski definition) is 5. The molecule has 2 aromatic carbocycles. The van der Waals surface area contributed by atoms with E-state index in [1.54, 1.807) is 23.9 Å². The fraction of sp³-hybridized carbons (Fsp3) is 0.231. The minimum atomic E-state index is -0.0519. The Labute approximate surface area is 209 Å². The van der Waals surface area contributed by atoms with Crippen LogP contribution < -0.4 is 14.8 Å². The van der Waals surface area contributed by atoms with E-state index in [9.17, 15) is 4.79 Å². The number of aryl methyl sites for hydroxylation is 2. The number of ether oxygens (including phenoxy) is 2. The van der Waals surface area contributed by atoms with Gasteiger partial charge >= 0.3 is 0 Å². The van der Waals surface area contributed by atoms with Gasteiger partial charge in [0.05, 0.1) is 18.6 Å². The van der Waals surface area contributed by atoms with Crippen molar-refractivity contribution in [3.63, 3.8) is 0 Å². The normalized spacial score (nSPS) is 12.1. The van der Waals surface area contributed by atoms with Gasteiger partial charge in [-0.05, 0) is 25.5 Å². The number of imidazole rings is 1. The first kappa shape index (κ1) is 23.9. The van der Waals surface area contributed by atoms with Gasteiger partial charge in [-0.2, -0.15) is 0 Å². The van der Waals surface area contributed by atoms with Crippen molar-refractivity contribution in [3.8, 4) is 16.6 Å². The Balaban J connectivity index is 0.00000274. The number of nitrogens with zero attached hydrogens (tertiary/aromatic N) is 2. The molecule has 0 saturated carbocycles. The van der Waals surface area contributed by atoms with Crippen LogP contribution in [0.4, 0.5) is 5.69 Å². The topological polar surface area (TPSA) is 65.4 Å². The third kappa shape index (κ3) is 5.26. The molecule has 0 bridgehead atoms. The summed E-state index contributed by atoms with van der Waals surface area (Å²) in [4.78, 5) is 18.1. The smallest absolute Gasteiger partial charge is 0.225 e. The average molecular weight is 496 g/mol. The SMILES string of the molecule is Cc1sc(OCCCn2ccnc2)cc1NC(=O)CC1c2ccccc2Oc2ccccc21.Cl. The second-order valence-corrected chi connectivity index (χ2v) is 9.24. The number of fused-ring (bicyclic) bond motifs is 2. The molecule has 0 radical (unpaired) electrons. The average Bonchev–Trinajstić information content (AvgIpc) is 3.46. The van der Waals surface area contributed by atoms with Gasteiger partial charge in [0.2, 0.25) is 5.91 Å². The lowest BCUT2D eigenvalue weighted by Crippen LogP contribution is -2.19. The van der Waals surface area contributed by atoms with E-state index >= 15 is 0 Å². The van der Waals surface area contributed by atoms with Crippen LogP contribution in [0.15, 0.2) is 73.3 Å². The molecule has 1 aliphatic rings. The van der Waals surface area contributed by atoms with Crippen molar-refractivity contribution in [2.24, 2.45) is 0 Å². The number of anilines is 1. The molecule has 0 atom stereocenters. The van der Waals surface area contributed by atoms with Crippen LogP contribution in [0.5, 0.6) is 16.6 Å². The fourth-order valence-corrected chi connectivity index (χ4v) is 4.94. The van der Waals surface area contributed by atoms with Crippen LogP contribution in [-0.4, -0.2) is 22.1 Å². The highest BCUT2D eigenvalue weighted by molar-refractivity contribution is 7.14. The molecule has 3 heterocycles. The predicted octanol–water partition coefficient (Wildman–Crippen LogP) is 6.41. The Morgan fingerprint density at radius 1 is 1.15 bits per heavy atom. The van der Waals surface area contributed by atoms with Crippen LogP contribution in [0.1, 0.15) is 34.8 Å². The van der Waals surface area contributed by atoms with Crippen LogP contribution in [-0.2, 0) is 11.3 Å². The van der Waals surface area contributed by atoms with Crippen molar-refractivity contribution in [2.45, 2.75) is 32.2 Å². The number of hydrogen-bond donors (Lipinski definition) is 1. The maximum absolute atomic E-state index is 13.1. The van der Waals surface area contributed by atoms with Crippen LogP contribution in [0.3, 0.4) is 0 Å². The van der Waals surface area contributed by atoms with Gasteiger partial charge in [0.15, 0.2) is 5.06 Å². The zero-order valence-electron chi connectivity index (χ0n) is 18.8. The number of halogens is 1. The lowest BCUT2D eigenvalue weighted by molar-refractivity contribution is -0.116. The van der Waals surface area contributed by atoms with Gasteiger partial charge in [-0.25, -0.2) is 4.98 Å². The van der Waals surface area contributed by atoms with Crippen molar-refractivity contribution in [1.82, 2.24) is 9.55 Å². The van der Waals surface area contributed by atoms with Gasteiger partial charge in [-0.15, -0.1) is 23.7 Å². The van der Waals surface area contributed by atoms with E-state index in [0.29, 0.717) is 13.0 Å². The molecule has 2 aromatic heterocycles. The van der Waals surface area contributed by atoms with Crippen molar-refractivity contribution in [3.05, 3.63) is 89.3 Å². The number of rotatable bonds is 8. The van der Waals surface area contributed by atoms with Gasteiger partial charge in [0.1, 0.15) is 11.5 Å². The summed E-state index contributed by atoms with van der Waals surface area (Å²) in [5.74, 6) is 1.54. The molecule has 1 aliphatic heterocycles. The van der Waals surface area contributed by atoms with Gasteiger partial charge in [0, 0.05) is 53.3 Å². The van der Waals surface area contributed by atoms with E-state index in [0.717, 1.165) is 51.2 Å². The van der Waals surface area contributed by atoms with Crippen LogP contribution >= 0.6 is 23.7 Å². The minimum Gasteiger partial charge on any atom is -0.484 e. The largest absolute Gasteiger partial charge is 0.484 e. The molecule has 8 heteroatoms. The number of carbonyl (C=O) groups is 1. The van der Waals surface area contributed by atoms with Crippen molar-refractivity contribution in [1.29, 1.82) is 0 Å². The standard InChI is InChI=1S/C26H25N3O3S.ClH/c1-18-22(16-26(33-18)31-14-6-12-29-13-11-27-17-29)28-25(30)15-21-19-7-2-4-9-23(19)32-24-10-5-3-8-20(21)24;/h2-5,7-11,13,16-17,21H,6,12,14-15H2,1H3,(H,28,30);1H. The van der Waals surface area contributed by atoms with Gasteiger partial charge in [-0.3, -0.25) is 4.79 Å². The van der Waals surface area contributed by atoms with E-state index < -0.39 is 0 Å². The van der Waals surface area contributed by atoms with E-state index in [-0.39, 0.29) is 24.2 Å². The molecule has 0 saturated heterocycles. The highest BCUT2D eigenvalue weighted by Gasteiger charge is 2.28. The lowest BCUT2D eigenvalue weighted by atomic mass is 9.85. The number of para-hydroxylation sites is 2. The van der Waals surface area contributed by atoms with E-state index in [1.807, 2.05) is 72.3 Å². The molecule has 34 heavy (non-hydrogen) atoms. The molecular weight excluding hydrogens is 470 g/mol. The highest BCUT2D eigenvalue weighted by atomic mass is 35.5. The first-order chi connectivity index (χ1) is 16.2. The fourth-order valence-electron chi connectivity index (χ4n) is 4.10.